The molecule has 3 aromatic rings. The van der Waals surface area contributed by atoms with Gasteiger partial charge in [-0.05, 0) is 49.2 Å². The minimum atomic E-state index is -0.0443. The number of nitrogens with zero attached hydrogens (tertiary/aromatic N) is 2. The van der Waals surface area contributed by atoms with Crippen LogP contribution in [-0.4, -0.2) is 15.3 Å². The zero-order chi connectivity index (χ0) is 20.3. The number of hydrogen-bond acceptors (Lipinski definition) is 4. The van der Waals surface area contributed by atoms with Gasteiger partial charge in [-0.3, -0.25) is 14.2 Å². The fourth-order valence-corrected chi connectivity index (χ4v) is 4.06. The monoisotopic (exact) mass is 412 g/mol. The van der Waals surface area contributed by atoms with Gasteiger partial charge in [0.15, 0.2) is 10.9 Å². The summed E-state index contributed by atoms with van der Waals surface area (Å²) in [5, 5.41) is 1.28. The van der Waals surface area contributed by atoms with Gasteiger partial charge in [-0.25, -0.2) is 4.98 Å². The van der Waals surface area contributed by atoms with E-state index in [1.807, 2.05) is 32.0 Å². The third-order valence-corrected chi connectivity index (χ3v) is 5.92. The zero-order valence-electron chi connectivity index (χ0n) is 16.0. The average Bonchev–Trinajstić information content (AvgIpc) is 2.70. The first-order chi connectivity index (χ1) is 13.4. The molecule has 0 aliphatic rings. The number of aryl methyl sites for hydroxylation is 1. The minimum Gasteiger partial charge on any atom is -0.291 e. The summed E-state index contributed by atoms with van der Waals surface area (Å²) in [6.45, 7) is 3.83. The van der Waals surface area contributed by atoms with Crippen molar-refractivity contribution in [3.63, 3.8) is 0 Å². The number of thioether (sulfide) groups is 1. The van der Waals surface area contributed by atoms with E-state index in [0.29, 0.717) is 33.5 Å². The van der Waals surface area contributed by atoms with Crippen molar-refractivity contribution < 1.29 is 4.79 Å². The molecule has 0 saturated carbocycles. The molecule has 0 saturated heterocycles. The van der Waals surface area contributed by atoms with Gasteiger partial charge in [0.05, 0.1) is 0 Å². The van der Waals surface area contributed by atoms with E-state index in [-0.39, 0.29) is 11.3 Å². The Bertz CT molecular complexity index is 1070. The van der Waals surface area contributed by atoms with Crippen molar-refractivity contribution in [1.82, 2.24) is 9.55 Å². The Morgan fingerprint density at radius 1 is 1.14 bits per heavy atom. The molecule has 0 bridgehead atoms. The van der Waals surface area contributed by atoms with E-state index >= 15 is 0 Å². The van der Waals surface area contributed by atoms with E-state index in [9.17, 15) is 9.59 Å². The molecular weight excluding hydrogens is 392 g/mol. The molecule has 1 heterocycles. The van der Waals surface area contributed by atoms with Crippen molar-refractivity contribution in [2.24, 2.45) is 7.05 Å². The van der Waals surface area contributed by atoms with Crippen molar-refractivity contribution in [3.05, 3.63) is 91.9 Å². The minimum absolute atomic E-state index is 0.00386. The molecule has 0 N–H and O–H groups in total. The number of carbonyl (C=O) groups excluding carboxylic acids is 1. The Labute approximate surface area is 173 Å². The Morgan fingerprint density at radius 2 is 1.86 bits per heavy atom. The first-order valence-corrected chi connectivity index (χ1v) is 10.4. The highest BCUT2D eigenvalue weighted by Gasteiger charge is 2.12. The summed E-state index contributed by atoms with van der Waals surface area (Å²) >= 11 is 7.39. The molecule has 1 aromatic heterocycles. The van der Waals surface area contributed by atoms with Crippen LogP contribution in [0.25, 0.3) is 0 Å². The maximum atomic E-state index is 12.7. The summed E-state index contributed by atoms with van der Waals surface area (Å²) in [6.07, 6.45) is 0.672. The van der Waals surface area contributed by atoms with Crippen LogP contribution in [-0.2, 0) is 19.2 Å². The van der Waals surface area contributed by atoms with E-state index in [1.54, 1.807) is 41.9 Å². The van der Waals surface area contributed by atoms with Crippen molar-refractivity contribution in [2.45, 2.75) is 31.2 Å². The maximum Gasteiger partial charge on any atom is 0.257 e. The van der Waals surface area contributed by atoms with Crippen LogP contribution in [0.2, 0.25) is 5.02 Å². The first kappa shape index (κ1) is 20.4. The van der Waals surface area contributed by atoms with Crippen LogP contribution in [0.15, 0.2) is 58.5 Å². The molecule has 3 rings (SSSR count). The molecule has 0 radical (unpaired) electrons. The largest absolute Gasteiger partial charge is 0.291 e. The van der Waals surface area contributed by atoms with E-state index < -0.39 is 0 Å². The SMILES string of the molecule is CCc1c(C)nc(SCc2cccc(C(=O)c3ccc(Cl)cc3)c2)n(C)c1=O. The van der Waals surface area contributed by atoms with Gasteiger partial charge in [0, 0.05) is 40.2 Å². The summed E-state index contributed by atoms with van der Waals surface area (Å²) < 4.78 is 1.60. The summed E-state index contributed by atoms with van der Waals surface area (Å²) in [7, 11) is 1.75. The van der Waals surface area contributed by atoms with Crippen molar-refractivity contribution >= 4 is 29.1 Å². The number of benzene rings is 2. The van der Waals surface area contributed by atoms with E-state index in [2.05, 4.69) is 4.98 Å². The van der Waals surface area contributed by atoms with Crippen LogP contribution in [0.5, 0.6) is 0 Å². The molecule has 0 atom stereocenters. The molecule has 0 unspecified atom stereocenters. The number of ketones is 1. The Morgan fingerprint density at radius 3 is 2.54 bits per heavy atom. The normalized spacial score (nSPS) is 10.9. The molecule has 28 heavy (non-hydrogen) atoms. The smallest absolute Gasteiger partial charge is 0.257 e. The van der Waals surface area contributed by atoms with Crippen LogP contribution in [0, 0.1) is 6.92 Å². The second-order valence-corrected chi connectivity index (χ2v) is 7.88. The number of aromatic nitrogens is 2. The lowest BCUT2D eigenvalue weighted by Crippen LogP contribution is -2.25. The van der Waals surface area contributed by atoms with Crippen LogP contribution >= 0.6 is 23.4 Å². The van der Waals surface area contributed by atoms with Crippen molar-refractivity contribution in [2.75, 3.05) is 0 Å². The van der Waals surface area contributed by atoms with Gasteiger partial charge >= 0.3 is 0 Å². The fraction of sp³-hybridized carbons (Fsp3) is 0.227. The number of rotatable bonds is 6. The highest BCUT2D eigenvalue weighted by atomic mass is 35.5. The van der Waals surface area contributed by atoms with Crippen LogP contribution < -0.4 is 5.56 Å². The first-order valence-electron chi connectivity index (χ1n) is 8.99. The molecule has 6 heteroatoms. The molecule has 2 aromatic carbocycles. The van der Waals surface area contributed by atoms with Gasteiger partial charge in [-0.1, -0.05) is 48.5 Å². The Kier molecular flexibility index (Phi) is 6.37. The third-order valence-electron chi connectivity index (χ3n) is 4.57. The second kappa shape index (κ2) is 8.76. The molecule has 0 aliphatic carbocycles. The average molecular weight is 413 g/mol. The summed E-state index contributed by atoms with van der Waals surface area (Å²) in [5.74, 6) is 0.574. The van der Waals surface area contributed by atoms with Gasteiger partial charge in [-0.15, -0.1) is 0 Å². The molecule has 0 fully saturated rings. The number of hydrogen-bond donors (Lipinski definition) is 0. The lowest BCUT2D eigenvalue weighted by atomic mass is 10.0. The maximum absolute atomic E-state index is 12.7. The highest BCUT2D eigenvalue weighted by Crippen LogP contribution is 2.22. The van der Waals surface area contributed by atoms with Gasteiger partial charge in [-0.2, -0.15) is 0 Å². The van der Waals surface area contributed by atoms with E-state index in [0.717, 1.165) is 16.8 Å². The summed E-state index contributed by atoms with van der Waals surface area (Å²) in [6, 6.07) is 14.4. The highest BCUT2D eigenvalue weighted by molar-refractivity contribution is 7.98. The van der Waals surface area contributed by atoms with Crippen LogP contribution in [0.4, 0.5) is 0 Å². The predicted octanol–water partition coefficient (Wildman–Crippen LogP) is 4.83. The quantitative estimate of drug-likeness (QED) is 0.330. The van der Waals surface area contributed by atoms with E-state index in [1.165, 1.54) is 11.8 Å². The van der Waals surface area contributed by atoms with Crippen molar-refractivity contribution in [3.8, 4) is 0 Å². The standard InChI is InChI=1S/C22H21ClN2O2S/c1-4-19-14(2)24-22(25(3)21(19)27)28-13-15-6-5-7-17(12-15)20(26)16-8-10-18(23)11-9-16/h5-12H,4,13H2,1-3H3. The molecule has 4 nitrogen and oxygen atoms in total. The fourth-order valence-electron chi connectivity index (χ4n) is 2.98. The molecule has 0 aliphatic heterocycles. The van der Waals surface area contributed by atoms with Gasteiger partial charge in [0.25, 0.3) is 5.56 Å². The summed E-state index contributed by atoms with van der Waals surface area (Å²) in [4.78, 5) is 29.7. The summed E-state index contributed by atoms with van der Waals surface area (Å²) in [5.41, 5.74) is 3.76. The Balaban J connectivity index is 1.80. The molecular formula is C22H21ClN2O2S. The number of halogens is 1. The predicted molar refractivity (Wildman–Crippen MR) is 114 cm³/mol. The topological polar surface area (TPSA) is 52.0 Å². The number of carbonyl (C=O) groups is 1. The Hall–Kier alpha value is -2.37. The van der Waals surface area contributed by atoms with Gasteiger partial charge < -0.3 is 0 Å². The lowest BCUT2D eigenvalue weighted by molar-refractivity contribution is 0.103. The second-order valence-electron chi connectivity index (χ2n) is 6.50. The van der Waals surface area contributed by atoms with E-state index in [4.69, 9.17) is 11.6 Å². The molecule has 0 amide bonds. The van der Waals surface area contributed by atoms with Crippen molar-refractivity contribution in [1.29, 1.82) is 0 Å². The molecule has 144 valence electrons. The van der Waals surface area contributed by atoms with Crippen LogP contribution in [0.1, 0.15) is 39.7 Å². The third kappa shape index (κ3) is 4.37. The van der Waals surface area contributed by atoms with Gasteiger partial charge in [0.1, 0.15) is 0 Å². The van der Waals surface area contributed by atoms with Crippen LogP contribution in [0.3, 0.4) is 0 Å². The lowest BCUT2D eigenvalue weighted by Gasteiger charge is -2.11. The zero-order valence-corrected chi connectivity index (χ0v) is 17.6. The van der Waals surface area contributed by atoms with Gasteiger partial charge in [0.2, 0.25) is 0 Å². The molecule has 0 spiro atoms.